The second-order valence-corrected chi connectivity index (χ2v) is 6.71. The van der Waals surface area contributed by atoms with E-state index in [0.717, 1.165) is 23.4 Å². The first-order chi connectivity index (χ1) is 13.7. The number of carbonyl (C=O) groups excluding carboxylic acids is 1. The van der Waals surface area contributed by atoms with Gasteiger partial charge in [0.25, 0.3) is 11.8 Å². The highest BCUT2D eigenvalue weighted by Crippen LogP contribution is 2.27. The normalized spacial score (nSPS) is 13.2. The summed E-state index contributed by atoms with van der Waals surface area (Å²) in [5.41, 5.74) is 1.62. The SMILES string of the molecule is COc1ccc(-c2noc(-c3ccc(OCC(=O)NCC4CC4)cc3)n2)cc1. The summed E-state index contributed by atoms with van der Waals surface area (Å²) in [6.45, 7) is 0.753. The smallest absolute Gasteiger partial charge is 0.258 e. The minimum absolute atomic E-state index is 0.00818. The largest absolute Gasteiger partial charge is 0.497 e. The van der Waals surface area contributed by atoms with Gasteiger partial charge in [-0.15, -0.1) is 0 Å². The Morgan fingerprint density at radius 2 is 1.75 bits per heavy atom. The molecule has 0 bridgehead atoms. The molecule has 1 amide bonds. The minimum atomic E-state index is -0.1000. The highest BCUT2D eigenvalue weighted by Gasteiger charge is 2.21. The molecule has 0 atom stereocenters. The van der Waals surface area contributed by atoms with Gasteiger partial charge in [-0.2, -0.15) is 4.98 Å². The van der Waals surface area contributed by atoms with E-state index in [1.54, 1.807) is 19.2 Å². The number of carbonyl (C=O) groups is 1. The molecule has 2 aromatic carbocycles. The summed E-state index contributed by atoms with van der Waals surface area (Å²) in [6.07, 6.45) is 2.41. The molecule has 1 heterocycles. The molecule has 1 aromatic heterocycles. The van der Waals surface area contributed by atoms with Crippen molar-refractivity contribution in [1.82, 2.24) is 15.5 Å². The first-order valence-corrected chi connectivity index (χ1v) is 9.19. The lowest BCUT2D eigenvalue weighted by molar-refractivity contribution is -0.123. The maximum absolute atomic E-state index is 11.7. The second-order valence-electron chi connectivity index (χ2n) is 6.71. The molecule has 144 valence electrons. The van der Waals surface area contributed by atoms with E-state index in [1.807, 2.05) is 36.4 Å². The van der Waals surface area contributed by atoms with E-state index < -0.39 is 0 Å². The zero-order valence-electron chi connectivity index (χ0n) is 15.6. The van der Waals surface area contributed by atoms with Crippen LogP contribution in [0.15, 0.2) is 53.1 Å². The van der Waals surface area contributed by atoms with Crippen molar-refractivity contribution in [3.8, 4) is 34.3 Å². The van der Waals surface area contributed by atoms with Crippen LogP contribution in [0, 0.1) is 5.92 Å². The van der Waals surface area contributed by atoms with E-state index in [9.17, 15) is 4.79 Å². The van der Waals surface area contributed by atoms with Gasteiger partial charge in [0.05, 0.1) is 7.11 Å². The summed E-state index contributed by atoms with van der Waals surface area (Å²) in [5, 5.41) is 6.90. The first-order valence-electron chi connectivity index (χ1n) is 9.19. The predicted octanol–water partition coefficient (Wildman–Crippen LogP) is 3.32. The lowest BCUT2D eigenvalue weighted by Crippen LogP contribution is -2.30. The summed E-state index contributed by atoms with van der Waals surface area (Å²) in [4.78, 5) is 16.2. The van der Waals surface area contributed by atoms with Crippen molar-refractivity contribution < 1.29 is 18.8 Å². The van der Waals surface area contributed by atoms with Crippen LogP contribution in [0.5, 0.6) is 11.5 Å². The van der Waals surface area contributed by atoms with Gasteiger partial charge in [-0.3, -0.25) is 4.79 Å². The highest BCUT2D eigenvalue weighted by molar-refractivity contribution is 5.77. The monoisotopic (exact) mass is 379 g/mol. The molecule has 0 spiro atoms. The van der Waals surface area contributed by atoms with E-state index >= 15 is 0 Å². The van der Waals surface area contributed by atoms with Gasteiger partial charge in [-0.1, -0.05) is 5.16 Å². The van der Waals surface area contributed by atoms with Gasteiger partial charge in [0.1, 0.15) is 11.5 Å². The third-order valence-corrected chi connectivity index (χ3v) is 4.53. The van der Waals surface area contributed by atoms with E-state index in [4.69, 9.17) is 14.0 Å². The van der Waals surface area contributed by atoms with Crippen LogP contribution in [-0.2, 0) is 4.79 Å². The molecule has 1 aliphatic rings. The van der Waals surface area contributed by atoms with Crippen LogP contribution in [-0.4, -0.2) is 36.3 Å². The molecular weight excluding hydrogens is 358 g/mol. The van der Waals surface area contributed by atoms with Crippen LogP contribution in [0.4, 0.5) is 0 Å². The Bertz CT molecular complexity index is 931. The topological polar surface area (TPSA) is 86.5 Å². The Kier molecular flexibility index (Phi) is 5.23. The fraction of sp³-hybridized carbons (Fsp3) is 0.286. The molecule has 0 radical (unpaired) electrons. The molecule has 0 saturated heterocycles. The molecule has 1 N–H and O–H groups in total. The summed E-state index contributed by atoms with van der Waals surface area (Å²) in [6, 6.07) is 14.6. The highest BCUT2D eigenvalue weighted by atomic mass is 16.5. The Morgan fingerprint density at radius 3 is 2.43 bits per heavy atom. The van der Waals surface area contributed by atoms with Gasteiger partial charge in [-0.25, -0.2) is 0 Å². The predicted molar refractivity (Wildman–Crippen MR) is 103 cm³/mol. The fourth-order valence-electron chi connectivity index (χ4n) is 2.67. The van der Waals surface area contributed by atoms with Gasteiger partial charge < -0.3 is 19.3 Å². The van der Waals surface area contributed by atoms with E-state index in [2.05, 4.69) is 15.5 Å². The zero-order chi connectivity index (χ0) is 19.3. The number of aromatic nitrogens is 2. The Labute approximate surface area is 162 Å². The third kappa shape index (κ3) is 4.49. The number of nitrogens with zero attached hydrogens (tertiary/aromatic N) is 2. The van der Waals surface area contributed by atoms with Crippen molar-refractivity contribution in [1.29, 1.82) is 0 Å². The van der Waals surface area contributed by atoms with Gasteiger partial charge in [0, 0.05) is 17.7 Å². The van der Waals surface area contributed by atoms with E-state index in [0.29, 0.717) is 23.4 Å². The number of ether oxygens (including phenoxy) is 2. The summed E-state index contributed by atoms with van der Waals surface area (Å²) in [7, 11) is 1.62. The zero-order valence-corrected chi connectivity index (χ0v) is 15.6. The lowest BCUT2D eigenvalue weighted by Gasteiger charge is -2.07. The van der Waals surface area contributed by atoms with Crippen LogP contribution >= 0.6 is 0 Å². The number of benzene rings is 2. The van der Waals surface area contributed by atoms with Crippen LogP contribution in [0.2, 0.25) is 0 Å². The maximum atomic E-state index is 11.7. The van der Waals surface area contributed by atoms with Crippen molar-refractivity contribution in [2.24, 2.45) is 5.92 Å². The molecule has 0 aliphatic heterocycles. The number of methoxy groups -OCH3 is 1. The fourth-order valence-corrected chi connectivity index (χ4v) is 2.67. The number of rotatable bonds is 8. The molecule has 4 rings (SSSR count). The molecule has 1 saturated carbocycles. The molecule has 7 heteroatoms. The Balaban J connectivity index is 1.35. The van der Waals surface area contributed by atoms with Gasteiger partial charge >= 0.3 is 0 Å². The van der Waals surface area contributed by atoms with E-state index in [-0.39, 0.29) is 12.5 Å². The first kappa shape index (κ1) is 18.0. The molecule has 0 unspecified atom stereocenters. The lowest BCUT2D eigenvalue weighted by atomic mass is 10.2. The molecule has 3 aromatic rings. The average Bonchev–Trinajstić information content (AvgIpc) is 3.45. The second kappa shape index (κ2) is 8.12. The van der Waals surface area contributed by atoms with Crippen LogP contribution < -0.4 is 14.8 Å². The summed E-state index contributed by atoms with van der Waals surface area (Å²) < 4.78 is 16.0. The number of nitrogens with one attached hydrogen (secondary N) is 1. The standard InChI is InChI=1S/C21H21N3O4/c1-26-17-8-4-15(5-9-17)20-23-21(28-24-20)16-6-10-18(11-7-16)27-13-19(25)22-12-14-2-3-14/h4-11,14H,2-3,12-13H2,1H3,(H,22,25). The van der Waals surface area contributed by atoms with Crippen molar-refractivity contribution in [3.63, 3.8) is 0 Å². The van der Waals surface area contributed by atoms with Gasteiger partial charge in [-0.05, 0) is 67.3 Å². The van der Waals surface area contributed by atoms with Crippen LogP contribution in [0.1, 0.15) is 12.8 Å². The van der Waals surface area contributed by atoms with Crippen LogP contribution in [0.3, 0.4) is 0 Å². The summed E-state index contributed by atoms with van der Waals surface area (Å²) in [5.74, 6) is 2.85. The van der Waals surface area contributed by atoms with Crippen LogP contribution in [0.25, 0.3) is 22.8 Å². The third-order valence-electron chi connectivity index (χ3n) is 4.53. The minimum Gasteiger partial charge on any atom is -0.497 e. The van der Waals surface area contributed by atoms with Crippen molar-refractivity contribution in [2.45, 2.75) is 12.8 Å². The van der Waals surface area contributed by atoms with Gasteiger partial charge in [0.15, 0.2) is 6.61 Å². The number of hydrogen-bond acceptors (Lipinski definition) is 6. The molecule has 7 nitrogen and oxygen atoms in total. The quantitative estimate of drug-likeness (QED) is 0.646. The summed E-state index contributed by atoms with van der Waals surface area (Å²) >= 11 is 0. The molecule has 1 aliphatic carbocycles. The van der Waals surface area contributed by atoms with Crippen molar-refractivity contribution in [3.05, 3.63) is 48.5 Å². The number of amides is 1. The van der Waals surface area contributed by atoms with Crippen molar-refractivity contribution in [2.75, 3.05) is 20.3 Å². The number of hydrogen-bond donors (Lipinski definition) is 1. The van der Waals surface area contributed by atoms with Gasteiger partial charge in [0.2, 0.25) is 5.82 Å². The molecule has 1 fully saturated rings. The molecular formula is C21H21N3O4. The average molecular weight is 379 g/mol. The maximum Gasteiger partial charge on any atom is 0.258 e. The Morgan fingerprint density at radius 1 is 1.07 bits per heavy atom. The Hall–Kier alpha value is -3.35. The van der Waals surface area contributed by atoms with Crippen molar-refractivity contribution >= 4 is 5.91 Å². The molecule has 28 heavy (non-hydrogen) atoms. The van der Waals surface area contributed by atoms with E-state index in [1.165, 1.54) is 12.8 Å².